The second-order valence-electron chi connectivity index (χ2n) is 4.14. The molecule has 0 saturated carbocycles. The number of aryl methyl sites for hydroxylation is 1. The zero-order valence-electron chi connectivity index (χ0n) is 10.6. The number of rotatable bonds is 3. The van der Waals surface area contributed by atoms with Gasteiger partial charge >= 0.3 is 0 Å². The number of hydrogen-bond acceptors (Lipinski definition) is 3. The Balaban J connectivity index is 2.26. The van der Waals surface area contributed by atoms with Crippen LogP contribution in [0.15, 0.2) is 46.0 Å². The van der Waals surface area contributed by atoms with Gasteiger partial charge in [-0.1, -0.05) is 32.7 Å². The van der Waals surface area contributed by atoms with E-state index in [0.717, 1.165) is 10.0 Å². The summed E-state index contributed by atoms with van der Waals surface area (Å²) in [6.07, 6.45) is 0. The van der Waals surface area contributed by atoms with Crippen LogP contribution >= 0.6 is 27.5 Å². The number of oxime groups is 1. The molecule has 0 aliphatic carbocycles. The molecule has 20 heavy (non-hydrogen) atoms. The lowest BCUT2D eigenvalue weighted by molar-refractivity contribution is 0.318. The van der Waals surface area contributed by atoms with E-state index in [-0.39, 0.29) is 5.84 Å². The van der Waals surface area contributed by atoms with Gasteiger partial charge in [0.15, 0.2) is 5.84 Å². The van der Waals surface area contributed by atoms with Gasteiger partial charge in [-0.05, 0) is 42.8 Å². The SMILES string of the molecule is Cc1cc(Oc2ccc(/C(N)=N/O)c(Cl)c2)ccc1Br. The molecule has 0 radical (unpaired) electrons. The van der Waals surface area contributed by atoms with E-state index in [2.05, 4.69) is 21.1 Å². The van der Waals surface area contributed by atoms with Crippen LogP contribution in [0.5, 0.6) is 11.5 Å². The molecule has 0 saturated heterocycles. The maximum atomic E-state index is 8.64. The van der Waals surface area contributed by atoms with Gasteiger partial charge in [-0.15, -0.1) is 0 Å². The van der Waals surface area contributed by atoms with Crippen LogP contribution in [0.1, 0.15) is 11.1 Å². The Labute approximate surface area is 129 Å². The fraction of sp³-hybridized carbons (Fsp3) is 0.0714. The summed E-state index contributed by atoms with van der Waals surface area (Å²) >= 11 is 9.50. The number of hydrogen-bond donors (Lipinski definition) is 2. The average molecular weight is 356 g/mol. The standard InChI is InChI=1S/C14H12BrClN2O2/c1-8-6-9(3-5-12(8)15)20-10-2-4-11(13(16)7-10)14(17)18-19/h2-7,19H,1H3,(H2,17,18). The van der Waals surface area contributed by atoms with Crippen molar-refractivity contribution in [3.05, 3.63) is 57.0 Å². The molecule has 0 spiro atoms. The highest BCUT2D eigenvalue weighted by atomic mass is 79.9. The highest BCUT2D eigenvalue weighted by molar-refractivity contribution is 9.10. The lowest BCUT2D eigenvalue weighted by Gasteiger charge is -2.09. The van der Waals surface area contributed by atoms with E-state index >= 15 is 0 Å². The largest absolute Gasteiger partial charge is 0.457 e. The lowest BCUT2D eigenvalue weighted by Crippen LogP contribution is -2.13. The summed E-state index contributed by atoms with van der Waals surface area (Å²) in [5.41, 5.74) is 7.03. The predicted octanol–water partition coefficient (Wildman–Crippen LogP) is 4.30. The van der Waals surface area contributed by atoms with E-state index in [4.69, 9.17) is 27.3 Å². The Morgan fingerprint density at radius 1 is 1.25 bits per heavy atom. The van der Waals surface area contributed by atoms with Crippen LogP contribution in [0.2, 0.25) is 5.02 Å². The van der Waals surface area contributed by atoms with Gasteiger partial charge in [0.25, 0.3) is 0 Å². The quantitative estimate of drug-likeness (QED) is 0.373. The van der Waals surface area contributed by atoms with E-state index in [1.807, 2.05) is 25.1 Å². The highest BCUT2D eigenvalue weighted by Crippen LogP contribution is 2.29. The summed E-state index contributed by atoms with van der Waals surface area (Å²) in [6.45, 7) is 1.98. The first-order valence-electron chi connectivity index (χ1n) is 5.72. The van der Waals surface area contributed by atoms with Crippen LogP contribution in [-0.4, -0.2) is 11.0 Å². The number of amidine groups is 1. The van der Waals surface area contributed by atoms with Crippen LogP contribution in [0.3, 0.4) is 0 Å². The third kappa shape index (κ3) is 3.23. The summed E-state index contributed by atoms with van der Waals surface area (Å²) in [5, 5.41) is 11.9. The van der Waals surface area contributed by atoms with Crippen LogP contribution in [0.4, 0.5) is 0 Å². The molecular formula is C14H12BrClN2O2. The Bertz CT molecular complexity index is 674. The number of benzene rings is 2. The number of nitrogens with two attached hydrogens (primary N) is 1. The molecule has 2 aromatic rings. The molecule has 0 aliphatic heterocycles. The van der Waals surface area contributed by atoms with Crippen LogP contribution in [0, 0.1) is 6.92 Å². The van der Waals surface area contributed by atoms with E-state index in [1.54, 1.807) is 18.2 Å². The van der Waals surface area contributed by atoms with Crippen molar-refractivity contribution in [3.63, 3.8) is 0 Å². The molecule has 6 heteroatoms. The number of ether oxygens (including phenoxy) is 1. The van der Waals surface area contributed by atoms with E-state index in [1.165, 1.54) is 0 Å². The van der Waals surface area contributed by atoms with Gasteiger partial charge in [0.1, 0.15) is 11.5 Å². The molecule has 0 atom stereocenters. The van der Waals surface area contributed by atoms with Gasteiger partial charge in [-0.25, -0.2) is 0 Å². The summed E-state index contributed by atoms with van der Waals surface area (Å²) in [4.78, 5) is 0. The van der Waals surface area contributed by atoms with Crippen LogP contribution < -0.4 is 10.5 Å². The smallest absolute Gasteiger partial charge is 0.171 e. The maximum absolute atomic E-state index is 8.64. The molecule has 4 nitrogen and oxygen atoms in total. The third-order valence-electron chi connectivity index (χ3n) is 2.69. The summed E-state index contributed by atoms with van der Waals surface area (Å²) < 4.78 is 6.73. The van der Waals surface area contributed by atoms with Crippen molar-refractivity contribution >= 4 is 33.4 Å². The molecule has 3 N–H and O–H groups in total. The first-order chi connectivity index (χ1) is 9.51. The van der Waals surface area contributed by atoms with Crippen molar-refractivity contribution in [2.75, 3.05) is 0 Å². The molecule has 0 unspecified atom stereocenters. The minimum Gasteiger partial charge on any atom is -0.457 e. The van der Waals surface area contributed by atoms with Crippen molar-refractivity contribution in [3.8, 4) is 11.5 Å². The molecule has 0 amide bonds. The van der Waals surface area contributed by atoms with Gasteiger partial charge in [-0.2, -0.15) is 0 Å². The monoisotopic (exact) mass is 354 g/mol. The molecule has 2 aromatic carbocycles. The summed E-state index contributed by atoms with van der Waals surface area (Å²) in [7, 11) is 0. The fourth-order valence-electron chi connectivity index (χ4n) is 1.64. The maximum Gasteiger partial charge on any atom is 0.171 e. The Hall–Kier alpha value is -1.72. The Morgan fingerprint density at radius 3 is 2.50 bits per heavy atom. The lowest BCUT2D eigenvalue weighted by atomic mass is 10.2. The normalized spacial score (nSPS) is 11.4. The van der Waals surface area contributed by atoms with Crippen molar-refractivity contribution in [1.29, 1.82) is 0 Å². The van der Waals surface area contributed by atoms with E-state index < -0.39 is 0 Å². The number of halogens is 2. The zero-order chi connectivity index (χ0) is 14.7. The van der Waals surface area contributed by atoms with Gasteiger partial charge in [0.2, 0.25) is 0 Å². The zero-order valence-corrected chi connectivity index (χ0v) is 12.9. The molecule has 2 rings (SSSR count). The van der Waals surface area contributed by atoms with Gasteiger partial charge in [0.05, 0.1) is 5.02 Å². The van der Waals surface area contributed by atoms with Gasteiger partial charge in [0, 0.05) is 16.1 Å². The van der Waals surface area contributed by atoms with Crippen LogP contribution in [0.25, 0.3) is 0 Å². The second kappa shape index (κ2) is 6.15. The minimum absolute atomic E-state index is 0.0407. The summed E-state index contributed by atoms with van der Waals surface area (Å²) in [5.74, 6) is 1.24. The van der Waals surface area contributed by atoms with Crippen LogP contribution in [-0.2, 0) is 0 Å². The molecule has 104 valence electrons. The second-order valence-corrected chi connectivity index (χ2v) is 5.40. The molecular weight excluding hydrogens is 344 g/mol. The average Bonchev–Trinajstić information content (AvgIpc) is 2.42. The first-order valence-corrected chi connectivity index (χ1v) is 6.90. The molecule has 0 heterocycles. The van der Waals surface area contributed by atoms with E-state index in [9.17, 15) is 0 Å². The minimum atomic E-state index is -0.0407. The molecule has 0 bridgehead atoms. The Morgan fingerprint density at radius 2 is 1.90 bits per heavy atom. The van der Waals surface area contributed by atoms with Gasteiger partial charge in [-0.3, -0.25) is 0 Å². The predicted molar refractivity (Wildman–Crippen MR) is 82.9 cm³/mol. The fourth-order valence-corrected chi connectivity index (χ4v) is 2.15. The molecule has 0 aromatic heterocycles. The van der Waals surface area contributed by atoms with Crippen molar-refractivity contribution in [2.24, 2.45) is 10.9 Å². The summed E-state index contributed by atoms with van der Waals surface area (Å²) in [6, 6.07) is 10.6. The third-order valence-corrected chi connectivity index (χ3v) is 3.89. The molecule has 0 fully saturated rings. The number of nitrogens with zero attached hydrogens (tertiary/aromatic N) is 1. The topological polar surface area (TPSA) is 67.8 Å². The first kappa shape index (κ1) is 14.7. The highest BCUT2D eigenvalue weighted by Gasteiger charge is 2.08. The van der Waals surface area contributed by atoms with Gasteiger partial charge < -0.3 is 15.7 Å². The Kier molecular flexibility index (Phi) is 4.52. The molecule has 0 aliphatic rings. The van der Waals surface area contributed by atoms with E-state index in [0.29, 0.717) is 22.1 Å². The van der Waals surface area contributed by atoms with Crippen molar-refractivity contribution < 1.29 is 9.94 Å². The van der Waals surface area contributed by atoms with Crippen molar-refractivity contribution in [1.82, 2.24) is 0 Å². The van der Waals surface area contributed by atoms with Crippen molar-refractivity contribution in [2.45, 2.75) is 6.92 Å².